The molecule has 0 aliphatic carbocycles. The van der Waals surface area contributed by atoms with Gasteiger partial charge >= 0.3 is 0 Å². The van der Waals surface area contributed by atoms with E-state index in [1.54, 1.807) is 0 Å². The number of ether oxygens (including phenoxy) is 1. The standard InChI is InChI=1S/C14H20ClNO/c1-13(2,16)7-9-5-11(15)6-10-8-14(3,4)17-12(9)10/h5-6H,7-8,16H2,1-4H3. The van der Waals surface area contributed by atoms with Crippen LogP contribution in [-0.2, 0) is 12.8 Å². The summed E-state index contributed by atoms with van der Waals surface area (Å²) in [5.74, 6) is 0.984. The van der Waals surface area contributed by atoms with Crippen molar-refractivity contribution in [3.63, 3.8) is 0 Å². The van der Waals surface area contributed by atoms with E-state index in [0.29, 0.717) is 0 Å². The normalized spacial score (nSPS) is 17.8. The summed E-state index contributed by atoms with van der Waals surface area (Å²) in [4.78, 5) is 0. The predicted octanol–water partition coefficient (Wildman–Crippen LogP) is 3.33. The number of fused-ring (bicyclic) bond motifs is 1. The molecule has 0 spiro atoms. The minimum absolute atomic E-state index is 0.138. The zero-order chi connectivity index (χ0) is 12.8. The molecular formula is C14H20ClNO. The van der Waals surface area contributed by atoms with Crippen molar-refractivity contribution in [2.24, 2.45) is 5.73 Å². The van der Waals surface area contributed by atoms with Crippen molar-refractivity contribution in [1.29, 1.82) is 0 Å². The molecule has 2 rings (SSSR count). The highest BCUT2D eigenvalue weighted by molar-refractivity contribution is 6.30. The number of hydrogen-bond acceptors (Lipinski definition) is 2. The third kappa shape index (κ3) is 2.93. The van der Waals surface area contributed by atoms with Crippen LogP contribution in [0.3, 0.4) is 0 Å². The summed E-state index contributed by atoms with van der Waals surface area (Å²) in [6, 6.07) is 3.97. The second-order valence-electron chi connectivity index (χ2n) is 6.26. The molecule has 2 nitrogen and oxygen atoms in total. The lowest BCUT2D eigenvalue weighted by Gasteiger charge is -2.22. The summed E-state index contributed by atoms with van der Waals surface area (Å²) in [7, 11) is 0. The second-order valence-corrected chi connectivity index (χ2v) is 6.69. The van der Waals surface area contributed by atoms with Gasteiger partial charge in [0.25, 0.3) is 0 Å². The predicted molar refractivity (Wildman–Crippen MR) is 71.8 cm³/mol. The second kappa shape index (κ2) is 3.89. The molecule has 1 aromatic carbocycles. The SMILES string of the molecule is CC(C)(N)Cc1cc(Cl)cc2c1OC(C)(C)C2. The van der Waals surface area contributed by atoms with Gasteiger partial charge in [0, 0.05) is 17.0 Å². The van der Waals surface area contributed by atoms with E-state index in [4.69, 9.17) is 22.1 Å². The average Bonchev–Trinajstić information content (AvgIpc) is 2.36. The van der Waals surface area contributed by atoms with Crippen LogP contribution in [0.5, 0.6) is 5.75 Å². The number of nitrogens with two attached hydrogens (primary N) is 1. The summed E-state index contributed by atoms with van der Waals surface area (Å²) < 4.78 is 6.01. The van der Waals surface area contributed by atoms with Gasteiger partial charge in [-0.05, 0) is 57.4 Å². The summed E-state index contributed by atoms with van der Waals surface area (Å²) in [6.45, 7) is 8.22. The van der Waals surface area contributed by atoms with Crippen LogP contribution in [0.25, 0.3) is 0 Å². The Morgan fingerprint density at radius 1 is 1.41 bits per heavy atom. The minimum Gasteiger partial charge on any atom is -0.487 e. The maximum atomic E-state index is 6.15. The number of rotatable bonds is 2. The van der Waals surface area contributed by atoms with Crippen molar-refractivity contribution in [3.8, 4) is 5.75 Å². The van der Waals surface area contributed by atoms with E-state index in [9.17, 15) is 0 Å². The molecule has 1 aliphatic rings. The molecular weight excluding hydrogens is 234 g/mol. The van der Waals surface area contributed by atoms with E-state index >= 15 is 0 Å². The van der Waals surface area contributed by atoms with Gasteiger partial charge in [0.05, 0.1) is 0 Å². The van der Waals surface area contributed by atoms with Crippen LogP contribution in [0.1, 0.15) is 38.8 Å². The highest BCUT2D eigenvalue weighted by atomic mass is 35.5. The highest BCUT2D eigenvalue weighted by Gasteiger charge is 2.32. The molecule has 0 fully saturated rings. The molecule has 1 aliphatic heterocycles. The van der Waals surface area contributed by atoms with E-state index in [-0.39, 0.29) is 11.1 Å². The fraction of sp³-hybridized carbons (Fsp3) is 0.571. The van der Waals surface area contributed by atoms with E-state index < -0.39 is 0 Å². The van der Waals surface area contributed by atoms with E-state index in [1.807, 2.05) is 26.0 Å². The Balaban J connectivity index is 2.42. The molecule has 0 unspecified atom stereocenters. The monoisotopic (exact) mass is 253 g/mol. The molecule has 17 heavy (non-hydrogen) atoms. The molecule has 0 atom stereocenters. The van der Waals surface area contributed by atoms with E-state index in [1.165, 1.54) is 5.56 Å². The zero-order valence-electron chi connectivity index (χ0n) is 10.9. The molecule has 0 saturated carbocycles. The zero-order valence-corrected chi connectivity index (χ0v) is 11.7. The Bertz CT molecular complexity index is 446. The van der Waals surface area contributed by atoms with Gasteiger partial charge in [-0.25, -0.2) is 0 Å². The number of halogens is 1. The molecule has 3 heteroatoms. The van der Waals surface area contributed by atoms with Crippen molar-refractivity contribution in [3.05, 3.63) is 28.3 Å². The molecule has 1 aromatic rings. The molecule has 0 amide bonds. The molecule has 0 aromatic heterocycles. The summed E-state index contributed by atoms with van der Waals surface area (Å²) in [5.41, 5.74) is 8.00. The third-order valence-corrected chi connectivity index (χ3v) is 3.07. The minimum atomic E-state index is -0.255. The first-order chi connectivity index (χ1) is 7.66. The van der Waals surface area contributed by atoms with Crippen LogP contribution in [0.15, 0.2) is 12.1 Å². The topological polar surface area (TPSA) is 35.2 Å². The third-order valence-electron chi connectivity index (χ3n) is 2.85. The lowest BCUT2D eigenvalue weighted by atomic mass is 9.93. The molecule has 0 radical (unpaired) electrons. The molecule has 1 heterocycles. The lowest BCUT2D eigenvalue weighted by Crippen LogP contribution is -2.34. The Labute approximate surface area is 108 Å². The van der Waals surface area contributed by atoms with Crippen molar-refractivity contribution in [2.75, 3.05) is 0 Å². The van der Waals surface area contributed by atoms with Gasteiger partial charge in [-0.15, -0.1) is 0 Å². The van der Waals surface area contributed by atoms with Gasteiger partial charge in [-0.1, -0.05) is 11.6 Å². The fourth-order valence-electron chi connectivity index (χ4n) is 2.37. The molecule has 0 bridgehead atoms. The van der Waals surface area contributed by atoms with Gasteiger partial charge in [-0.2, -0.15) is 0 Å². The van der Waals surface area contributed by atoms with Crippen molar-refractivity contribution < 1.29 is 4.74 Å². The Hall–Kier alpha value is -0.730. The number of benzene rings is 1. The van der Waals surface area contributed by atoms with Gasteiger partial charge in [-0.3, -0.25) is 0 Å². The Morgan fingerprint density at radius 3 is 2.65 bits per heavy atom. The quantitative estimate of drug-likeness (QED) is 0.878. The van der Waals surface area contributed by atoms with E-state index in [0.717, 1.165) is 29.2 Å². The lowest BCUT2D eigenvalue weighted by molar-refractivity contribution is 0.137. The van der Waals surface area contributed by atoms with E-state index in [2.05, 4.69) is 13.8 Å². The van der Waals surface area contributed by atoms with Crippen LogP contribution >= 0.6 is 11.6 Å². The molecule has 94 valence electrons. The fourth-order valence-corrected chi connectivity index (χ4v) is 2.63. The van der Waals surface area contributed by atoms with Crippen LogP contribution in [0, 0.1) is 0 Å². The van der Waals surface area contributed by atoms with Crippen LogP contribution in [-0.4, -0.2) is 11.1 Å². The highest BCUT2D eigenvalue weighted by Crippen LogP contribution is 2.40. The molecule has 0 saturated heterocycles. The smallest absolute Gasteiger partial charge is 0.126 e. The first kappa shape index (κ1) is 12.7. The van der Waals surface area contributed by atoms with Gasteiger partial charge in [0.1, 0.15) is 11.4 Å². The Morgan fingerprint density at radius 2 is 2.06 bits per heavy atom. The summed E-state index contributed by atoms with van der Waals surface area (Å²) in [5, 5.41) is 0.768. The first-order valence-corrected chi connectivity index (χ1v) is 6.33. The van der Waals surface area contributed by atoms with Crippen LogP contribution in [0.2, 0.25) is 5.02 Å². The maximum absolute atomic E-state index is 6.15. The van der Waals surface area contributed by atoms with Crippen molar-refractivity contribution >= 4 is 11.6 Å². The van der Waals surface area contributed by atoms with Crippen LogP contribution < -0.4 is 10.5 Å². The first-order valence-electron chi connectivity index (χ1n) is 5.95. The number of hydrogen-bond donors (Lipinski definition) is 1. The maximum Gasteiger partial charge on any atom is 0.126 e. The van der Waals surface area contributed by atoms with Crippen molar-refractivity contribution in [1.82, 2.24) is 0 Å². The average molecular weight is 254 g/mol. The van der Waals surface area contributed by atoms with Gasteiger partial charge in [0.2, 0.25) is 0 Å². The Kier molecular flexibility index (Phi) is 2.91. The van der Waals surface area contributed by atoms with Crippen LogP contribution in [0.4, 0.5) is 0 Å². The van der Waals surface area contributed by atoms with Gasteiger partial charge < -0.3 is 10.5 Å². The molecule has 2 N–H and O–H groups in total. The summed E-state index contributed by atoms with van der Waals surface area (Å²) >= 11 is 6.15. The largest absolute Gasteiger partial charge is 0.487 e. The van der Waals surface area contributed by atoms with Gasteiger partial charge in [0.15, 0.2) is 0 Å². The van der Waals surface area contributed by atoms with Crippen molar-refractivity contribution in [2.45, 2.75) is 51.7 Å². The summed E-state index contributed by atoms with van der Waals surface area (Å²) in [6.07, 6.45) is 1.67.